The van der Waals surface area contributed by atoms with Gasteiger partial charge in [-0.1, -0.05) is 29.8 Å². The lowest BCUT2D eigenvalue weighted by atomic mass is 10.2. The molecule has 114 valence electrons. The lowest BCUT2D eigenvalue weighted by Gasteiger charge is -2.10. The van der Waals surface area contributed by atoms with Gasteiger partial charge in [-0.25, -0.2) is 4.98 Å². The van der Waals surface area contributed by atoms with E-state index in [4.69, 9.17) is 16.3 Å². The number of hydrogen-bond acceptors (Lipinski definition) is 5. The van der Waals surface area contributed by atoms with Crippen molar-refractivity contribution in [2.24, 2.45) is 0 Å². The van der Waals surface area contributed by atoms with Gasteiger partial charge in [0.15, 0.2) is 5.82 Å². The van der Waals surface area contributed by atoms with Gasteiger partial charge in [0.1, 0.15) is 17.4 Å². The first-order valence-corrected chi connectivity index (χ1v) is 7.52. The summed E-state index contributed by atoms with van der Waals surface area (Å²) in [5, 5.41) is 6.83. The maximum Gasteiger partial charge on any atom is 0.229 e. The van der Waals surface area contributed by atoms with Crippen molar-refractivity contribution in [1.29, 1.82) is 0 Å². The van der Waals surface area contributed by atoms with Gasteiger partial charge < -0.3 is 15.4 Å². The topological polar surface area (TPSA) is 59.1 Å². The molecule has 0 spiro atoms. The van der Waals surface area contributed by atoms with Gasteiger partial charge in [0.25, 0.3) is 0 Å². The molecule has 0 fully saturated rings. The van der Waals surface area contributed by atoms with E-state index in [1.807, 2.05) is 48.5 Å². The van der Waals surface area contributed by atoms with Crippen molar-refractivity contribution in [2.75, 3.05) is 10.6 Å². The van der Waals surface area contributed by atoms with Crippen LogP contribution in [0.25, 0.3) is 0 Å². The molecule has 5 nitrogen and oxygen atoms in total. The molecule has 3 aromatic rings. The molecule has 0 saturated carbocycles. The quantitative estimate of drug-likeness (QED) is 0.637. The highest BCUT2D eigenvalue weighted by Crippen LogP contribution is 2.27. The first-order valence-electron chi connectivity index (χ1n) is 7.15. The van der Waals surface area contributed by atoms with E-state index in [0.29, 0.717) is 23.4 Å². The second-order valence-electron chi connectivity index (χ2n) is 5.16. The van der Waals surface area contributed by atoms with Crippen LogP contribution in [0, 0.1) is 0 Å². The second-order valence-corrected chi connectivity index (χ2v) is 5.56. The molecule has 0 aliphatic carbocycles. The lowest BCUT2D eigenvalue weighted by Crippen LogP contribution is -2.01. The standard InChI is InChI=1S/C17H13ClN4O/c18-15-9-19-17-21-13-5-2-6-14(8-13)23-10-11-3-1-4-12(7-11)20-16(15)22-17/h1-9H,10H2,(H2,19,20,21,22). The number of benzene rings is 2. The molecule has 2 N–H and O–H groups in total. The number of hydrogen-bond donors (Lipinski definition) is 2. The van der Waals surface area contributed by atoms with Crippen LogP contribution >= 0.6 is 11.6 Å². The molecule has 0 saturated heterocycles. The fourth-order valence-corrected chi connectivity index (χ4v) is 2.49. The molecule has 0 radical (unpaired) electrons. The van der Waals surface area contributed by atoms with Crippen LogP contribution in [0.4, 0.5) is 23.1 Å². The molecule has 0 unspecified atom stereocenters. The summed E-state index contributed by atoms with van der Waals surface area (Å²) >= 11 is 6.19. The minimum absolute atomic E-state index is 0.459. The fraction of sp³-hybridized carbons (Fsp3) is 0.0588. The van der Waals surface area contributed by atoms with Crippen LogP contribution in [0.5, 0.6) is 5.75 Å². The number of aromatic nitrogens is 2. The Kier molecular flexibility index (Phi) is 3.48. The fourth-order valence-electron chi connectivity index (χ4n) is 2.35. The average molecular weight is 325 g/mol. The van der Waals surface area contributed by atoms with Gasteiger partial charge in [-0.15, -0.1) is 0 Å². The molecule has 0 atom stereocenters. The zero-order chi connectivity index (χ0) is 15.6. The van der Waals surface area contributed by atoms with Crippen LogP contribution < -0.4 is 15.4 Å². The van der Waals surface area contributed by atoms with Crippen LogP contribution in [0.2, 0.25) is 5.02 Å². The number of fused-ring (bicyclic) bond motifs is 6. The minimum atomic E-state index is 0.459. The molecule has 6 bridgehead atoms. The van der Waals surface area contributed by atoms with Crippen LogP contribution in [0.15, 0.2) is 54.7 Å². The van der Waals surface area contributed by atoms with Crippen molar-refractivity contribution in [3.63, 3.8) is 0 Å². The third-order valence-electron chi connectivity index (χ3n) is 3.43. The predicted octanol–water partition coefficient (Wildman–Crippen LogP) is 4.51. The average Bonchev–Trinajstić information content (AvgIpc) is 2.57. The molecular weight excluding hydrogens is 312 g/mol. The Morgan fingerprint density at radius 1 is 1.00 bits per heavy atom. The summed E-state index contributed by atoms with van der Waals surface area (Å²) < 4.78 is 5.85. The Morgan fingerprint density at radius 2 is 1.83 bits per heavy atom. The molecule has 6 heteroatoms. The molecular formula is C17H13ClN4O. The summed E-state index contributed by atoms with van der Waals surface area (Å²) in [7, 11) is 0. The second kappa shape index (κ2) is 5.78. The van der Waals surface area contributed by atoms with E-state index >= 15 is 0 Å². The highest BCUT2D eigenvalue weighted by Gasteiger charge is 2.09. The zero-order valence-corrected chi connectivity index (χ0v) is 12.8. The first-order chi connectivity index (χ1) is 11.3. The van der Waals surface area contributed by atoms with Gasteiger partial charge in [-0.2, -0.15) is 4.98 Å². The Morgan fingerprint density at radius 3 is 2.74 bits per heavy atom. The van der Waals surface area contributed by atoms with Gasteiger partial charge in [0, 0.05) is 17.4 Å². The normalized spacial score (nSPS) is 12.6. The first kappa shape index (κ1) is 13.8. The third kappa shape index (κ3) is 3.05. The molecule has 2 heterocycles. The predicted molar refractivity (Wildman–Crippen MR) is 90.8 cm³/mol. The van der Waals surface area contributed by atoms with E-state index in [1.54, 1.807) is 6.20 Å². The van der Waals surface area contributed by atoms with Crippen molar-refractivity contribution < 1.29 is 4.74 Å². The van der Waals surface area contributed by atoms with E-state index < -0.39 is 0 Å². The molecule has 1 aromatic heterocycles. The SMILES string of the molecule is Clc1cnc2nc1Nc1cccc(c1)COc1cccc(c1)N2. The number of rotatable bonds is 0. The van der Waals surface area contributed by atoms with Crippen LogP contribution in [0.3, 0.4) is 0 Å². The molecule has 23 heavy (non-hydrogen) atoms. The number of nitrogens with zero attached hydrogens (tertiary/aromatic N) is 2. The van der Waals surface area contributed by atoms with Gasteiger partial charge in [0.2, 0.25) is 5.95 Å². The minimum Gasteiger partial charge on any atom is -0.489 e. The zero-order valence-electron chi connectivity index (χ0n) is 12.1. The van der Waals surface area contributed by atoms with Crippen molar-refractivity contribution in [3.8, 4) is 5.75 Å². The van der Waals surface area contributed by atoms with Gasteiger partial charge in [-0.3, -0.25) is 0 Å². The maximum absolute atomic E-state index is 6.19. The third-order valence-corrected chi connectivity index (χ3v) is 3.71. The number of nitrogens with one attached hydrogen (secondary N) is 2. The molecule has 0 amide bonds. The number of ether oxygens (including phenoxy) is 1. The smallest absolute Gasteiger partial charge is 0.229 e. The van der Waals surface area contributed by atoms with E-state index in [9.17, 15) is 0 Å². The van der Waals surface area contributed by atoms with E-state index in [1.165, 1.54) is 0 Å². The summed E-state index contributed by atoms with van der Waals surface area (Å²) in [5.74, 6) is 1.80. The number of anilines is 4. The van der Waals surface area contributed by atoms with Crippen molar-refractivity contribution in [3.05, 3.63) is 65.3 Å². The summed E-state index contributed by atoms with van der Waals surface area (Å²) in [6.07, 6.45) is 1.57. The van der Waals surface area contributed by atoms with Gasteiger partial charge in [-0.05, 0) is 29.8 Å². The Bertz CT molecular complexity index is 869. The Hall–Kier alpha value is -2.79. The van der Waals surface area contributed by atoms with E-state index in [-0.39, 0.29) is 0 Å². The highest BCUT2D eigenvalue weighted by molar-refractivity contribution is 6.32. The monoisotopic (exact) mass is 324 g/mol. The highest BCUT2D eigenvalue weighted by atomic mass is 35.5. The van der Waals surface area contributed by atoms with Crippen molar-refractivity contribution in [2.45, 2.75) is 6.61 Å². The summed E-state index contributed by atoms with van der Waals surface area (Å²) in [6, 6.07) is 15.6. The maximum atomic E-state index is 6.19. The molecule has 1 aliphatic heterocycles. The largest absolute Gasteiger partial charge is 0.489 e. The van der Waals surface area contributed by atoms with E-state index in [0.717, 1.165) is 22.7 Å². The summed E-state index contributed by atoms with van der Waals surface area (Å²) in [5.41, 5.74) is 2.79. The van der Waals surface area contributed by atoms with Crippen molar-refractivity contribution in [1.82, 2.24) is 9.97 Å². The molecule has 2 aromatic carbocycles. The summed E-state index contributed by atoms with van der Waals surface area (Å²) in [4.78, 5) is 8.65. The Balaban J connectivity index is 1.83. The summed E-state index contributed by atoms with van der Waals surface area (Å²) in [6.45, 7) is 0.482. The molecule has 1 aliphatic rings. The lowest BCUT2D eigenvalue weighted by molar-refractivity contribution is 0.306. The van der Waals surface area contributed by atoms with Gasteiger partial charge in [0.05, 0.1) is 6.20 Å². The van der Waals surface area contributed by atoms with Crippen molar-refractivity contribution >= 4 is 34.7 Å². The van der Waals surface area contributed by atoms with Crippen LogP contribution in [0.1, 0.15) is 5.56 Å². The number of halogens is 1. The van der Waals surface area contributed by atoms with Gasteiger partial charge >= 0.3 is 0 Å². The Labute approximate surface area is 138 Å². The van der Waals surface area contributed by atoms with Crippen LogP contribution in [-0.2, 0) is 6.61 Å². The van der Waals surface area contributed by atoms with Crippen LogP contribution in [-0.4, -0.2) is 9.97 Å². The van der Waals surface area contributed by atoms with E-state index in [2.05, 4.69) is 20.6 Å². The molecule has 4 rings (SSSR count).